The van der Waals surface area contributed by atoms with E-state index in [1.165, 1.54) is 0 Å². The number of rotatable bonds is 3. The number of hydrogen-bond acceptors (Lipinski definition) is 2. The lowest BCUT2D eigenvalue weighted by atomic mass is 10.3. The number of aliphatic carboxylic acids is 1. The maximum atomic E-state index is 9.82. The molecule has 0 radical (unpaired) electrons. The van der Waals surface area contributed by atoms with Crippen LogP contribution in [0.2, 0.25) is 0 Å². The Morgan fingerprint density at radius 2 is 2.33 bits per heavy atom. The predicted molar refractivity (Wildman–Crippen MR) is 29.7 cm³/mol. The first-order chi connectivity index (χ1) is 4.16. The van der Waals surface area contributed by atoms with Crippen LogP contribution in [-0.4, -0.2) is 28.8 Å². The molecule has 0 aromatic rings. The minimum absolute atomic E-state index is 0.133. The summed E-state index contributed by atoms with van der Waals surface area (Å²) in [4.78, 5) is 12.6. The van der Waals surface area contributed by atoms with Crippen molar-refractivity contribution in [3.63, 3.8) is 0 Å². The molecule has 0 aromatic heterocycles. The molecule has 0 aliphatic heterocycles. The maximum Gasteiger partial charge on any atom is 0.306 e. The van der Waals surface area contributed by atoms with Crippen molar-refractivity contribution in [1.82, 2.24) is 0 Å². The first-order valence-corrected chi connectivity index (χ1v) is 2.40. The summed E-state index contributed by atoms with van der Waals surface area (Å²) in [6.07, 6.45) is -1.36. The summed E-state index contributed by atoms with van der Waals surface area (Å²) in [5.74, 6) is -1.08. The van der Waals surface area contributed by atoms with Crippen molar-refractivity contribution in [1.29, 1.82) is 0 Å². The molecule has 0 bridgehead atoms. The van der Waals surface area contributed by atoms with Gasteiger partial charge in [-0.25, -0.2) is 6.57 Å². The van der Waals surface area contributed by atoms with Crippen LogP contribution in [0.1, 0.15) is 6.42 Å². The van der Waals surface area contributed by atoms with E-state index in [2.05, 4.69) is 4.85 Å². The fourth-order valence-corrected chi connectivity index (χ4v) is 0.371. The molecule has 4 heteroatoms. The first-order valence-electron chi connectivity index (χ1n) is 2.40. The maximum absolute atomic E-state index is 9.82. The number of carboxylic acid groups (broad SMARTS) is 1. The molecule has 0 fully saturated rings. The summed E-state index contributed by atoms with van der Waals surface area (Å²) in [7, 11) is 0. The second kappa shape index (κ2) is 3.87. The third kappa shape index (κ3) is 4.78. The molecular formula is C5H7NO3. The van der Waals surface area contributed by atoms with Gasteiger partial charge in [-0.05, 0) is 0 Å². The van der Waals surface area contributed by atoms with E-state index in [4.69, 9.17) is 16.8 Å². The summed E-state index contributed by atoms with van der Waals surface area (Å²) in [6, 6.07) is 0. The third-order valence-electron chi connectivity index (χ3n) is 0.712. The van der Waals surface area contributed by atoms with Crippen LogP contribution in [-0.2, 0) is 4.79 Å². The number of aliphatic hydroxyl groups is 1. The Morgan fingerprint density at radius 3 is 2.67 bits per heavy atom. The lowest BCUT2D eigenvalue weighted by Crippen LogP contribution is -2.14. The highest BCUT2D eigenvalue weighted by Crippen LogP contribution is 1.90. The van der Waals surface area contributed by atoms with Crippen molar-refractivity contribution < 1.29 is 15.0 Å². The second-order valence-corrected chi connectivity index (χ2v) is 1.59. The fraction of sp³-hybridized carbons (Fsp3) is 0.600. The van der Waals surface area contributed by atoms with Crippen LogP contribution in [0.3, 0.4) is 0 Å². The number of carboxylic acids is 1. The number of nitrogens with zero attached hydrogens (tertiary/aromatic N) is 1. The normalized spacial score (nSPS) is 12.0. The van der Waals surface area contributed by atoms with Crippen molar-refractivity contribution in [3.8, 4) is 0 Å². The minimum Gasteiger partial charge on any atom is -0.481 e. The molecule has 0 aliphatic carbocycles. The van der Waals surface area contributed by atoms with Gasteiger partial charge in [-0.2, -0.15) is 0 Å². The minimum atomic E-state index is -1.08. The molecular weight excluding hydrogens is 122 g/mol. The van der Waals surface area contributed by atoms with Crippen molar-refractivity contribution in [2.45, 2.75) is 12.5 Å². The molecule has 2 N–H and O–H groups in total. The van der Waals surface area contributed by atoms with Gasteiger partial charge >= 0.3 is 5.97 Å². The standard InChI is InChI=1S/C5H7NO3/c1-6-3-4(7)2-5(8)9/h4,7H,2-3H2,(H,8,9). The van der Waals surface area contributed by atoms with Crippen molar-refractivity contribution >= 4 is 5.97 Å². The Kier molecular flexibility index (Phi) is 3.40. The average molecular weight is 129 g/mol. The molecule has 0 aliphatic rings. The lowest BCUT2D eigenvalue weighted by Gasteiger charge is -1.96. The molecule has 0 amide bonds. The Hall–Kier alpha value is -1.08. The van der Waals surface area contributed by atoms with E-state index in [0.29, 0.717) is 0 Å². The van der Waals surface area contributed by atoms with E-state index in [1.807, 2.05) is 0 Å². The fourth-order valence-electron chi connectivity index (χ4n) is 0.371. The van der Waals surface area contributed by atoms with Gasteiger partial charge in [0.05, 0.1) is 6.42 Å². The average Bonchev–Trinajstić information content (AvgIpc) is 1.63. The van der Waals surface area contributed by atoms with Crippen molar-refractivity contribution in [2.75, 3.05) is 6.54 Å². The molecule has 50 valence electrons. The zero-order valence-electron chi connectivity index (χ0n) is 4.74. The molecule has 0 rings (SSSR count). The third-order valence-corrected chi connectivity index (χ3v) is 0.712. The summed E-state index contributed by atoms with van der Waals surface area (Å²) < 4.78 is 0. The Morgan fingerprint density at radius 1 is 1.78 bits per heavy atom. The molecule has 0 aromatic carbocycles. The highest BCUT2D eigenvalue weighted by molar-refractivity contribution is 5.67. The molecule has 0 saturated carbocycles. The van der Waals surface area contributed by atoms with Crippen molar-refractivity contribution in [3.05, 3.63) is 11.4 Å². The molecule has 1 atom stereocenters. The van der Waals surface area contributed by atoms with Gasteiger partial charge in [-0.3, -0.25) is 4.79 Å². The van der Waals surface area contributed by atoms with Crippen LogP contribution >= 0.6 is 0 Å². The van der Waals surface area contributed by atoms with Crippen LogP contribution in [0.15, 0.2) is 0 Å². The molecule has 9 heavy (non-hydrogen) atoms. The van der Waals surface area contributed by atoms with Gasteiger partial charge in [-0.1, -0.05) is 0 Å². The SMILES string of the molecule is [C-]#[N+]CC(O)CC(=O)O. The monoisotopic (exact) mass is 129 g/mol. The largest absolute Gasteiger partial charge is 0.481 e. The number of aliphatic hydroxyl groups excluding tert-OH is 1. The number of hydrogen-bond donors (Lipinski definition) is 2. The van der Waals surface area contributed by atoms with Gasteiger partial charge in [0.1, 0.15) is 6.10 Å². The van der Waals surface area contributed by atoms with E-state index in [9.17, 15) is 4.79 Å². The highest BCUT2D eigenvalue weighted by Gasteiger charge is 2.10. The van der Waals surface area contributed by atoms with E-state index in [0.717, 1.165) is 0 Å². The van der Waals surface area contributed by atoms with Crippen molar-refractivity contribution in [2.24, 2.45) is 0 Å². The molecule has 4 nitrogen and oxygen atoms in total. The van der Waals surface area contributed by atoms with Gasteiger partial charge in [0.25, 0.3) is 0 Å². The van der Waals surface area contributed by atoms with Gasteiger partial charge in [0.2, 0.25) is 6.54 Å². The van der Waals surface area contributed by atoms with Crippen LogP contribution in [0.25, 0.3) is 4.85 Å². The van der Waals surface area contributed by atoms with Crippen LogP contribution in [0, 0.1) is 6.57 Å². The van der Waals surface area contributed by atoms with Gasteiger partial charge in [0.15, 0.2) is 0 Å². The predicted octanol–water partition coefficient (Wildman–Crippen LogP) is -0.259. The summed E-state index contributed by atoms with van der Waals surface area (Å²) in [5, 5.41) is 16.7. The topological polar surface area (TPSA) is 61.9 Å². The highest BCUT2D eigenvalue weighted by atomic mass is 16.4. The Balaban J connectivity index is 3.40. The van der Waals surface area contributed by atoms with E-state index < -0.39 is 12.1 Å². The van der Waals surface area contributed by atoms with Gasteiger partial charge < -0.3 is 15.1 Å². The molecule has 0 spiro atoms. The molecule has 1 unspecified atom stereocenters. The zero-order chi connectivity index (χ0) is 7.28. The van der Waals surface area contributed by atoms with Gasteiger partial charge in [-0.15, -0.1) is 0 Å². The lowest BCUT2D eigenvalue weighted by molar-refractivity contribution is -0.138. The van der Waals surface area contributed by atoms with Crippen LogP contribution in [0.5, 0.6) is 0 Å². The quantitative estimate of drug-likeness (QED) is 0.516. The summed E-state index contributed by atoms with van der Waals surface area (Å²) in [6.45, 7) is 6.12. The first kappa shape index (κ1) is 7.92. The second-order valence-electron chi connectivity index (χ2n) is 1.59. The van der Waals surface area contributed by atoms with Gasteiger partial charge in [0, 0.05) is 0 Å². The number of carbonyl (C=O) groups is 1. The Labute approximate surface area is 52.6 Å². The smallest absolute Gasteiger partial charge is 0.306 e. The summed E-state index contributed by atoms with van der Waals surface area (Å²) >= 11 is 0. The van der Waals surface area contributed by atoms with E-state index >= 15 is 0 Å². The van der Waals surface area contributed by atoms with Crippen LogP contribution in [0.4, 0.5) is 0 Å². The van der Waals surface area contributed by atoms with Crippen LogP contribution < -0.4 is 0 Å². The molecule has 0 heterocycles. The van der Waals surface area contributed by atoms with E-state index in [-0.39, 0.29) is 13.0 Å². The Bertz CT molecular complexity index is 138. The zero-order valence-corrected chi connectivity index (χ0v) is 4.74. The summed E-state index contributed by atoms with van der Waals surface area (Å²) in [5.41, 5.74) is 0. The van der Waals surface area contributed by atoms with E-state index in [1.54, 1.807) is 0 Å². The molecule has 0 saturated heterocycles.